The second-order valence-electron chi connectivity index (χ2n) is 5.14. The maximum atomic E-state index is 10.2. The Bertz CT molecular complexity index is 389. The van der Waals surface area contributed by atoms with E-state index in [1.807, 2.05) is 19.9 Å². The molecule has 0 aliphatic carbocycles. The van der Waals surface area contributed by atoms with E-state index in [4.69, 9.17) is 5.11 Å². The number of nitrogens with zero attached hydrogens (tertiary/aromatic N) is 1. The fraction of sp³-hybridized carbons (Fsp3) is 0.625. The summed E-state index contributed by atoms with van der Waals surface area (Å²) in [6.45, 7) is 12.7. The lowest BCUT2D eigenvalue weighted by Crippen LogP contribution is -2.41. The molecule has 20 heavy (non-hydrogen) atoms. The highest BCUT2D eigenvalue weighted by Gasteiger charge is 2.43. The van der Waals surface area contributed by atoms with Crippen LogP contribution in [0.2, 0.25) is 0 Å². The molecule has 1 aliphatic heterocycles. The molecule has 116 valence electrons. The van der Waals surface area contributed by atoms with Gasteiger partial charge in [-0.1, -0.05) is 32.1 Å². The van der Waals surface area contributed by atoms with E-state index in [-0.39, 0.29) is 12.1 Å². The third kappa shape index (κ3) is 3.58. The predicted octanol–water partition coefficient (Wildman–Crippen LogP) is 2.67. The maximum Gasteiger partial charge on any atom is 0.0710 e. The number of aliphatic hydroxyl groups is 2. The van der Waals surface area contributed by atoms with Crippen LogP contribution in [0.15, 0.2) is 34.9 Å². The topological polar surface area (TPSA) is 63.9 Å². The number of aliphatic hydroxyl groups excluding tert-OH is 2. The Morgan fingerprint density at radius 3 is 2.15 bits per heavy atom. The quantitative estimate of drug-likeness (QED) is 0.742. The lowest BCUT2D eigenvalue weighted by Gasteiger charge is -2.33. The van der Waals surface area contributed by atoms with E-state index in [1.54, 1.807) is 0 Å². The zero-order valence-electron chi connectivity index (χ0n) is 13.4. The van der Waals surface area contributed by atoms with E-state index in [0.29, 0.717) is 6.54 Å². The summed E-state index contributed by atoms with van der Waals surface area (Å²) in [5.74, 6) is 0. The van der Waals surface area contributed by atoms with Crippen molar-refractivity contribution in [2.45, 2.75) is 46.1 Å². The van der Waals surface area contributed by atoms with Crippen LogP contribution in [-0.2, 0) is 0 Å². The largest absolute Gasteiger partial charge is 0.400 e. The normalized spacial score (nSPS) is 19.8. The van der Waals surface area contributed by atoms with Crippen LogP contribution in [0.1, 0.15) is 40.5 Å². The zero-order chi connectivity index (χ0) is 15.9. The number of hydrogen-bond acceptors (Lipinski definition) is 4. The summed E-state index contributed by atoms with van der Waals surface area (Å²) in [5, 5.41) is 28.0. The van der Waals surface area contributed by atoms with Crippen LogP contribution in [0, 0.1) is 0 Å². The van der Waals surface area contributed by atoms with Crippen LogP contribution in [0.4, 0.5) is 0 Å². The Kier molecular flexibility index (Phi) is 7.98. The Morgan fingerprint density at radius 1 is 1.30 bits per heavy atom. The average molecular weight is 283 g/mol. The van der Waals surface area contributed by atoms with Crippen LogP contribution in [-0.4, -0.2) is 46.3 Å². The summed E-state index contributed by atoms with van der Waals surface area (Å²) in [4.78, 5) is 0. The molecule has 0 radical (unpaired) electrons. The highest BCUT2D eigenvalue weighted by atomic mass is 16.5. The van der Waals surface area contributed by atoms with Crippen molar-refractivity contribution in [1.82, 2.24) is 5.06 Å². The molecule has 0 atom stereocenters. The predicted molar refractivity (Wildman–Crippen MR) is 82.6 cm³/mol. The molecule has 0 amide bonds. The van der Waals surface area contributed by atoms with Gasteiger partial charge in [0.15, 0.2) is 0 Å². The molecule has 1 aliphatic rings. The molecule has 1 heterocycles. The van der Waals surface area contributed by atoms with Gasteiger partial charge >= 0.3 is 0 Å². The minimum Gasteiger partial charge on any atom is -0.400 e. The minimum absolute atomic E-state index is 0.0219. The number of allylic oxidation sites excluding steroid dienone is 1. The van der Waals surface area contributed by atoms with Crippen molar-refractivity contribution in [3.05, 3.63) is 34.9 Å². The zero-order valence-corrected chi connectivity index (χ0v) is 13.4. The van der Waals surface area contributed by atoms with E-state index >= 15 is 0 Å². The maximum absolute atomic E-state index is 10.2. The summed E-state index contributed by atoms with van der Waals surface area (Å²) in [6.07, 6.45) is 3.65. The highest BCUT2D eigenvalue weighted by molar-refractivity contribution is 5.48. The van der Waals surface area contributed by atoms with Crippen molar-refractivity contribution in [3.8, 4) is 0 Å². The summed E-state index contributed by atoms with van der Waals surface area (Å²) in [6, 6.07) is 0. The molecule has 0 bridgehead atoms. The van der Waals surface area contributed by atoms with Crippen molar-refractivity contribution in [2.75, 3.05) is 20.3 Å². The van der Waals surface area contributed by atoms with E-state index in [9.17, 15) is 10.3 Å². The first-order chi connectivity index (χ1) is 9.42. The van der Waals surface area contributed by atoms with Gasteiger partial charge in [0.25, 0.3) is 0 Å². The van der Waals surface area contributed by atoms with Crippen molar-refractivity contribution in [3.63, 3.8) is 0 Å². The molecule has 4 nitrogen and oxygen atoms in total. The number of rotatable bonds is 4. The number of hydroxylamine groups is 2. The van der Waals surface area contributed by atoms with Gasteiger partial charge in [-0.2, -0.15) is 5.06 Å². The molecule has 1 saturated heterocycles. The third-order valence-corrected chi connectivity index (χ3v) is 4.02. The van der Waals surface area contributed by atoms with Gasteiger partial charge in [0, 0.05) is 13.7 Å². The van der Waals surface area contributed by atoms with Crippen molar-refractivity contribution in [1.29, 1.82) is 0 Å². The Balaban J connectivity index is 0.00000172. The molecule has 1 rings (SSSR count). The Labute approximate surface area is 122 Å². The molecule has 0 spiro atoms. The Morgan fingerprint density at radius 2 is 1.80 bits per heavy atom. The van der Waals surface area contributed by atoms with Crippen LogP contribution < -0.4 is 0 Å². The Hall–Kier alpha value is -0.940. The SMILES string of the molecule is C=C1CN(O)C(CC)(CC)/C1=C/C(CO)=C(C)C.CO. The van der Waals surface area contributed by atoms with Gasteiger partial charge in [-0.15, -0.1) is 0 Å². The molecule has 1 fully saturated rings. The average Bonchev–Trinajstić information content (AvgIpc) is 2.68. The molecular weight excluding hydrogens is 254 g/mol. The minimum atomic E-state index is -0.354. The smallest absolute Gasteiger partial charge is 0.0710 e. The summed E-state index contributed by atoms with van der Waals surface area (Å²) >= 11 is 0. The van der Waals surface area contributed by atoms with Crippen molar-refractivity contribution in [2.24, 2.45) is 0 Å². The van der Waals surface area contributed by atoms with E-state index in [2.05, 4.69) is 20.4 Å². The molecular formula is C16H29NO3. The highest BCUT2D eigenvalue weighted by Crippen LogP contribution is 2.41. The second kappa shape index (κ2) is 8.37. The van der Waals surface area contributed by atoms with Crippen LogP contribution >= 0.6 is 0 Å². The van der Waals surface area contributed by atoms with Crippen molar-refractivity contribution < 1.29 is 15.4 Å². The lowest BCUT2D eigenvalue weighted by molar-refractivity contribution is -0.140. The van der Waals surface area contributed by atoms with E-state index in [1.165, 1.54) is 5.06 Å². The van der Waals surface area contributed by atoms with Gasteiger partial charge < -0.3 is 15.4 Å². The molecule has 0 saturated carbocycles. The van der Waals surface area contributed by atoms with Crippen LogP contribution in [0.25, 0.3) is 0 Å². The fourth-order valence-corrected chi connectivity index (χ4v) is 2.64. The first-order valence-electron chi connectivity index (χ1n) is 7.01. The molecule has 0 aromatic rings. The van der Waals surface area contributed by atoms with Crippen molar-refractivity contribution >= 4 is 0 Å². The molecule has 0 aromatic carbocycles. The molecule has 3 N–H and O–H groups in total. The molecule has 0 unspecified atom stereocenters. The van der Waals surface area contributed by atoms with Crippen LogP contribution in [0.3, 0.4) is 0 Å². The summed E-state index contributed by atoms with van der Waals surface area (Å²) in [7, 11) is 1.00. The monoisotopic (exact) mass is 283 g/mol. The first kappa shape index (κ1) is 19.1. The lowest BCUT2D eigenvalue weighted by atomic mass is 9.83. The van der Waals surface area contributed by atoms with Gasteiger partial charge in [0.2, 0.25) is 0 Å². The first-order valence-corrected chi connectivity index (χ1v) is 7.01. The number of hydrogen-bond donors (Lipinski definition) is 3. The van der Waals surface area contributed by atoms with Gasteiger partial charge in [-0.3, -0.25) is 0 Å². The van der Waals surface area contributed by atoms with Gasteiger partial charge in [-0.05, 0) is 43.4 Å². The van der Waals surface area contributed by atoms with Gasteiger partial charge in [0.05, 0.1) is 12.1 Å². The molecule has 4 heteroatoms. The summed E-state index contributed by atoms with van der Waals surface area (Å²) in [5.41, 5.74) is 3.64. The van der Waals surface area contributed by atoms with E-state index in [0.717, 1.165) is 42.2 Å². The third-order valence-electron chi connectivity index (χ3n) is 4.02. The fourth-order valence-electron chi connectivity index (χ4n) is 2.64. The summed E-state index contributed by atoms with van der Waals surface area (Å²) < 4.78 is 0. The van der Waals surface area contributed by atoms with Crippen LogP contribution in [0.5, 0.6) is 0 Å². The van der Waals surface area contributed by atoms with E-state index < -0.39 is 0 Å². The second-order valence-corrected chi connectivity index (χ2v) is 5.14. The van der Waals surface area contributed by atoms with Gasteiger partial charge in [-0.25, -0.2) is 0 Å². The molecule has 0 aromatic heterocycles. The van der Waals surface area contributed by atoms with Gasteiger partial charge in [0.1, 0.15) is 0 Å². The standard InChI is InChI=1S/C15H25NO2.CH4O/c1-6-15(7-2)14(12(5)9-16(15)18)8-13(10-17)11(3)4;1-2/h8,17-18H,5-7,9-10H2,1-4H3;2H,1H3/b14-8+;.